The highest BCUT2D eigenvalue weighted by Crippen LogP contribution is 2.28. The summed E-state index contributed by atoms with van der Waals surface area (Å²) in [6, 6.07) is 18.3. The first-order valence-corrected chi connectivity index (χ1v) is 12.2. The Morgan fingerprint density at radius 2 is 1.84 bits per heavy atom. The maximum absolute atomic E-state index is 12.7. The molecule has 37 heavy (non-hydrogen) atoms. The monoisotopic (exact) mass is 520 g/mol. The molecule has 0 saturated carbocycles. The van der Waals surface area contributed by atoms with E-state index in [9.17, 15) is 9.59 Å². The van der Waals surface area contributed by atoms with Gasteiger partial charge in [-0.1, -0.05) is 41.9 Å². The summed E-state index contributed by atoms with van der Waals surface area (Å²) < 4.78 is 9.22. The Labute approximate surface area is 219 Å². The Bertz CT molecular complexity index is 1430. The summed E-state index contributed by atoms with van der Waals surface area (Å²) in [5.41, 5.74) is 9.08. The molecular weight excluding hydrogens is 492 g/mol. The summed E-state index contributed by atoms with van der Waals surface area (Å²) in [4.78, 5) is 24.7. The van der Waals surface area contributed by atoms with E-state index in [2.05, 4.69) is 15.7 Å². The molecule has 1 amide bonds. The highest BCUT2D eigenvalue weighted by Gasteiger charge is 2.16. The molecule has 2 heterocycles. The molecule has 4 aromatic rings. The van der Waals surface area contributed by atoms with Gasteiger partial charge in [0.1, 0.15) is 17.4 Å². The van der Waals surface area contributed by atoms with E-state index < -0.39 is 0 Å². The topological polar surface area (TPSA) is 116 Å². The minimum absolute atomic E-state index is 0.0439. The van der Waals surface area contributed by atoms with Crippen molar-refractivity contribution in [2.75, 3.05) is 24.6 Å². The highest BCUT2D eigenvalue weighted by atomic mass is 35.5. The number of nitrogens with two attached hydrogens (primary N) is 1. The van der Waals surface area contributed by atoms with E-state index in [1.54, 1.807) is 46.9 Å². The van der Waals surface area contributed by atoms with Gasteiger partial charge in [-0.25, -0.2) is 0 Å². The Morgan fingerprint density at radius 1 is 1.11 bits per heavy atom. The quantitative estimate of drug-likeness (QED) is 0.294. The van der Waals surface area contributed by atoms with Crippen molar-refractivity contribution in [3.05, 3.63) is 105 Å². The third-order valence-corrected chi connectivity index (χ3v) is 5.98. The number of aromatic nitrogens is 3. The Hall–Kier alpha value is -4.24. The average molecular weight is 521 g/mol. The lowest BCUT2D eigenvalue weighted by molar-refractivity contribution is 0.0933. The maximum atomic E-state index is 12.7. The van der Waals surface area contributed by atoms with E-state index in [1.165, 1.54) is 6.07 Å². The molecule has 4 N–H and O–H groups in total. The van der Waals surface area contributed by atoms with Crippen molar-refractivity contribution >= 4 is 29.0 Å². The van der Waals surface area contributed by atoms with Crippen LogP contribution < -0.4 is 26.7 Å². The zero-order chi connectivity index (χ0) is 26.4. The molecule has 4 rings (SSSR count). The zero-order valence-corrected chi connectivity index (χ0v) is 21.4. The molecule has 2 aromatic heterocycles. The summed E-state index contributed by atoms with van der Waals surface area (Å²) in [5, 5.41) is 10.8. The molecule has 1 atom stereocenters. The Balaban J connectivity index is 1.33. The van der Waals surface area contributed by atoms with Gasteiger partial charge in [0, 0.05) is 36.6 Å². The van der Waals surface area contributed by atoms with Crippen molar-refractivity contribution < 1.29 is 9.53 Å². The maximum Gasteiger partial charge on any atom is 0.256 e. The van der Waals surface area contributed by atoms with E-state index >= 15 is 0 Å². The normalized spacial score (nSPS) is 11.6. The molecule has 1 unspecified atom stereocenters. The van der Waals surface area contributed by atoms with Gasteiger partial charge >= 0.3 is 0 Å². The van der Waals surface area contributed by atoms with Crippen LogP contribution in [0.3, 0.4) is 0 Å². The molecule has 192 valence electrons. The predicted octanol–water partition coefficient (Wildman–Crippen LogP) is 3.62. The number of pyridine rings is 1. The van der Waals surface area contributed by atoms with Gasteiger partial charge in [-0.2, -0.15) is 5.10 Å². The van der Waals surface area contributed by atoms with Crippen LogP contribution in [0, 0.1) is 0 Å². The molecule has 0 fully saturated rings. The lowest BCUT2D eigenvalue weighted by Crippen LogP contribution is -2.33. The van der Waals surface area contributed by atoms with Gasteiger partial charge in [0.15, 0.2) is 5.82 Å². The molecule has 0 saturated heterocycles. The number of halogens is 1. The summed E-state index contributed by atoms with van der Waals surface area (Å²) in [6.07, 6.45) is 3.08. The number of anilines is 2. The van der Waals surface area contributed by atoms with Crippen molar-refractivity contribution in [2.24, 2.45) is 0 Å². The summed E-state index contributed by atoms with van der Waals surface area (Å²) in [7, 11) is 1.80. The number of nitrogens with zero attached hydrogens (tertiary/aromatic N) is 3. The molecule has 9 nitrogen and oxygen atoms in total. The second-order valence-corrected chi connectivity index (χ2v) is 9.07. The van der Waals surface area contributed by atoms with E-state index in [1.807, 2.05) is 43.3 Å². The van der Waals surface area contributed by atoms with Crippen molar-refractivity contribution in [3.63, 3.8) is 0 Å². The minimum Gasteiger partial charge on any atom is -0.487 e. The number of carbonyl (C=O) groups excluding carboxylic acids is 1. The van der Waals surface area contributed by atoms with Crippen LogP contribution in [-0.4, -0.2) is 40.0 Å². The lowest BCUT2D eigenvalue weighted by Gasteiger charge is -2.18. The van der Waals surface area contributed by atoms with Crippen LogP contribution in [-0.2, 0) is 13.1 Å². The van der Waals surface area contributed by atoms with E-state index in [-0.39, 0.29) is 29.9 Å². The van der Waals surface area contributed by atoms with Gasteiger partial charge in [0.25, 0.3) is 11.5 Å². The van der Waals surface area contributed by atoms with Crippen molar-refractivity contribution in [3.8, 4) is 5.75 Å². The molecule has 2 aromatic carbocycles. The number of hydrogen-bond donors (Lipinski definition) is 3. The van der Waals surface area contributed by atoms with Crippen molar-refractivity contribution in [1.29, 1.82) is 0 Å². The van der Waals surface area contributed by atoms with Crippen LogP contribution in [0.25, 0.3) is 0 Å². The van der Waals surface area contributed by atoms with Crippen LogP contribution in [0.4, 0.5) is 11.5 Å². The van der Waals surface area contributed by atoms with Crippen LogP contribution in [0.15, 0.2) is 77.9 Å². The number of carbonyl (C=O) groups is 1. The molecule has 0 aliphatic rings. The first-order chi connectivity index (χ1) is 17.8. The number of benzene rings is 2. The second-order valence-electron chi connectivity index (χ2n) is 8.64. The number of ether oxygens (including phenoxy) is 1. The van der Waals surface area contributed by atoms with E-state index in [4.69, 9.17) is 22.1 Å². The van der Waals surface area contributed by atoms with Gasteiger partial charge in [0.05, 0.1) is 25.3 Å². The summed E-state index contributed by atoms with van der Waals surface area (Å²) >= 11 is 6.08. The van der Waals surface area contributed by atoms with Gasteiger partial charge in [-0.3, -0.25) is 14.3 Å². The first kappa shape index (κ1) is 25.8. The molecule has 0 aliphatic carbocycles. The van der Waals surface area contributed by atoms with Crippen LogP contribution in [0.1, 0.15) is 28.4 Å². The van der Waals surface area contributed by atoms with Crippen LogP contribution in [0.5, 0.6) is 5.75 Å². The molecule has 10 heteroatoms. The molecule has 0 aliphatic heterocycles. The number of amides is 1. The Morgan fingerprint density at radius 3 is 2.54 bits per heavy atom. The standard InChI is InChI=1S/C27H29ClN6O3/c1-18(37-24-13-21(28)10-11-23(24)30-2)14-31-27(36)22-17-34(32-26(22)29)16-20-8-6-19(7-9-20)15-33-12-4-3-5-25(33)35/h3-13,17-18,30H,14-16H2,1-2H3,(H2,29,32)(H,31,36). The van der Waals surface area contributed by atoms with Gasteiger partial charge in [0.2, 0.25) is 0 Å². The first-order valence-electron chi connectivity index (χ1n) is 11.8. The second kappa shape index (κ2) is 11.7. The number of nitrogens with one attached hydrogen (secondary N) is 2. The van der Waals surface area contributed by atoms with Crippen LogP contribution >= 0.6 is 11.6 Å². The fraction of sp³-hybridized carbons (Fsp3) is 0.222. The number of nitrogen functional groups attached to an aromatic ring is 1. The molecule has 0 spiro atoms. The third kappa shape index (κ3) is 6.71. The zero-order valence-electron chi connectivity index (χ0n) is 20.6. The van der Waals surface area contributed by atoms with Gasteiger partial charge in [-0.05, 0) is 36.2 Å². The summed E-state index contributed by atoms with van der Waals surface area (Å²) in [5.74, 6) is 0.423. The van der Waals surface area contributed by atoms with Gasteiger partial charge in [-0.15, -0.1) is 0 Å². The Kier molecular flexibility index (Phi) is 8.15. The molecule has 0 radical (unpaired) electrons. The fourth-order valence-electron chi connectivity index (χ4n) is 3.81. The summed E-state index contributed by atoms with van der Waals surface area (Å²) in [6.45, 7) is 3.06. The third-order valence-electron chi connectivity index (χ3n) is 5.75. The molecule has 0 bridgehead atoms. The minimum atomic E-state index is -0.331. The van der Waals surface area contributed by atoms with Crippen LogP contribution in [0.2, 0.25) is 5.02 Å². The number of hydrogen-bond acceptors (Lipinski definition) is 6. The van der Waals surface area contributed by atoms with E-state index in [0.717, 1.165) is 16.8 Å². The smallest absolute Gasteiger partial charge is 0.256 e. The lowest BCUT2D eigenvalue weighted by atomic mass is 10.1. The predicted molar refractivity (Wildman–Crippen MR) is 145 cm³/mol. The average Bonchev–Trinajstić information content (AvgIpc) is 3.25. The molecular formula is C27H29ClN6O3. The van der Waals surface area contributed by atoms with Gasteiger partial charge < -0.3 is 25.7 Å². The number of rotatable bonds is 10. The van der Waals surface area contributed by atoms with E-state index in [0.29, 0.717) is 29.4 Å². The SMILES string of the molecule is CNc1ccc(Cl)cc1OC(C)CNC(=O)c1cn(Cc2ccc(Cn3ccccc3=O)cc2)nc1N. The highest BCUT2D eigenvalue weighted by molar-refractivity contribution is 6.30. The van der Waals surface area contributed by atoms with Crippen molar-refractivity contribution in [2.45, 2.75) is 26.1 Å². The fourth-order valence-corrected chi connectivity index (χ4v) is 3.97. The van der Waals surface area contributed by atoms with Crippen molar-refractivity contribution in [1.82, 2.24) is 19.7 Å². The largest absolute Gasteiger partial charge is 0.487 e.